The number of cyclic esters (lactones) is 1. The van der Waals surface area contributed by atoms with Gasteiger partial charge in [-0.2, -0.15) is 13.2 Å². The number of fused-ring (bicyclic) bond motifs is 1. The molecule has 0 radical (unpaired) electrons. The Hall–Kier alpha value is -3.34. The van der Waals surface area contributed by atoms with Gasteiger partial charge in [-0.25, -0.2) is 14.7 Å². The van der Waals surface area contributed by atoms with Gasteiger partial charge in [0.2, 0.25) is 0 Å². The number of carbonyl (C=O) groups excluding carboxylic acids is 2. The van der Waals surface area contributed by atoms with E-state index in [0.29, 0.717) is 22.8 Å². The molecule has 2 aliphatic rings. The number of nitrogens with zero attached hydrogens (tertiary/aromatic N) is 3. The first-order valence-corrected chi connectivity index (χ1v) is 9.40. The van der Waals surface area contributed by atoms with Crippen molar-refractivity contribution in [2.45, 2.75) is 25.3 Å². The van der Waals surface area contributed by atoms with E-state index in [4.69, 9.17) is 4.74 Å². The van der Waals surface area contributed by atoms with Gasteiger partial charge in [-0.05, 0) is 42.4 Å². The number of halogens is 3. The first-order chi connectivity index (χ1) is 14.7. The highest BCUT2D eigenvalue weighted by molar-refractivity contribution is 6.10. The third kappa shape index (κ3) is 3.65. The van der Waals surface area contributed by atoms with E-state index in [1.165, 1.54) is 30.2 Å². The predicted octanol–water partition coefficient (Wildman–Crippen LogP) is 2.86. The maximum absolute atomic E-state index is 13.3. The molecule has 4 rings (SSSR count). The fourth-order valence-corrected chi connectivity index (χ4v) is 3.72. The Kier molecular flexibility index (Phi) is 5.21. The Labute approximate surface area is 175 Å². The van der Waals surface area contributed by atoms with E-state index in [1.54, 1.807) is 13.1 Å². The summed E-state index contributed by atoms with van der Waals surface area (Å²) in [4.78, 5) is 31.0. The minimum atomic E-state index is -4.68. The molecule has 3 heterocycles. The quantitative estimate of drug-likeness (QED) is 0.776. The molecular weight excluding hydrogens is 417 g/mol. The lowest BCUT2D eigenvalue weighted by atomic mass is 10.0. The van der Waals surface area contributed by atoms with E-state index >= 15 is 0 Å². The molecule has 1 atom stereocenters. The number of hydrogen-bond donors (Lipinski definition) is 1. The van der Waals surface area contributed by atoms with Crippen molar-refractivity contribution in [1.29, 1.82) is 0 Å². The molecule has 2 aliphatic heterocycles. The van der Waals surface area contributed by atoms with Crippen LogP contribution in [0.3, 0.4) is 0 Å². The first-order valence-electron chi connectivity index (χ1n) is 9.40. The summed E-state index contributed by atoms with van der Waals surface area (Å²) in [7, 11) is 3.27. The molecular formula is C20H19F3N4O4. The Morgan fingerprint density at radius 3 is 2.68 bits per heavy atom. The van der Waals surface area contributed by atoms with Crippen LogP contribution in [0.1, 0.15) is 21.5 Å². The van der Waals surface area contributed by atoms with Crippen LogP contribution < -0.4 is 19.9 Å². The second kappa shape index (κ2) is 7.73. The van der Waals surface area contributed by atoms with Crippen molar-refractivity contribution in [1.82, 2.24) is 10.3 Å². The van der Waals surface area contributed by atoms with Crippen molar-refractivity contribution in [2.75, 3.05) is 30.6 Å². The van der Waals surface area contributed by atoms with Gasteiger partial charge in [0, 0.05) is 12.1 Å². The maximum atomic E-state index is 13.3. The van der Waals surface area contributed by atoms with Gasteiger partial charge >= 0.3 is 12.3 Å². The SMILES string of the molecule is CNCc1cc(OC)cc2c1CN(c1cccc(N3C(=O)OC[C@H]3C(F)(F)F)n1)C2=O. The number of amides is 2. The molecule has 1 aromatic heterocycles. The Morgan fingerprint density at radius 1 is 1.26 bits per heavy atom. The number of aromatic nitrogens is 1. The Morgan fingerprint density at radius 2 is 2.00 bits per heavy atom. The molecule has 0 spiro atoms. The molecule has 0 unspecified atom stereocenters. The number of carbonyl (C=O) groups is 2. The third-order valence-electron chi connectivity index (χ3n) is 5.20. The highest BCUT2D eigenvalue weighted by Crippen LogP contribution is 2.36. The van der Waals surface area contributed by atoms with Crippen LogP contribution in [0.15, 0.2) is 30.3 Å². The average Bonchev–Trinajstić information content (AvgIpc) is 3.29. The van der Waals surface area contributed by atoms with Crippen LogP contribution in [-0.4, -0.2) is 50.0 Å². The largest absolute Gasteiger partial charge is 0.497 e. The zero-order valence-corrected chi connectivity index (χ0v) is 16.7. The predicted molar refractivity (Wildman–Crippen MR) is 104 cm³/mol. The van der Waals surface area contributed by atoms with Crippen molar-refractivity contribution >= 4 is 23.6 Å². The molecule has 1 N–H and O–H groups in total. The number of ether oxygens (including phenoxy) is 2. The first kappa shape index (κ1) is 20.9. The lowest BCUT2D eigenvalue weighted by molar-refractivity contribution is -0.147. The van der Waals surface area contributed by atoms with E-state index in [0.717, 1.165) is 11.1 Å². The smallest absolute Gasteiger partial charge is 0.416 e. The molecule has 11 heteroatoms. The fourth-order valence-electron chi connectivity index (χ4n) is 3.72. The van der Waals surface area contributed by atoms with E-state index in [-0.39, 0.29) is 24.1 Å². The zero-order chi connectivity index (χ0) is 22.3. The molecule has 0 saturated carbocycles. The van der Waals surface area contributed by atoms with Crippen molar-refractivity contribution in [3.63, 3.8) is 0 Å². The lowest BCUT2D eigenvalue weighted by Gasteiger charge is -2.24. The molecule has 0 aliphatic carbocycles. The van der Waals surface area contributed by atoms with Gasteiger partial charge in [0.05, 0.1) is 13.7 Å². The molecule has 2 amide bonds. The van der Waals surface area contributed by atoms with E-state index < -0.39 is 24.9 Å². The van der Waals surface area contributed by atoms with Crippen molar-refractivity contribution < 1.29 is 32.2 Å². The lowest BCUT2D eigenvalue weighted by Crippen LogP contribution is -2.44. The second-order valence-corrected chi connectivity index (χ2v) is 7.09. The number of pyridine rings is 1. The summed E-state index contributed by atoms with van der Waals surface area (Å²) in [5.41, 5.74) is 2.08. The minimum absolute atomic E-state index is 0.133. The number of anilines is 2. The molecule has 2 aromatic rings. The number of hydrogen-bond acceptors (Lipinski definition) is 6. The topological polar surface area (TPSA) is 84.0 Å². The van der Waals surface area contributed by atoms with Crippen molar-refractivity contribution in [2.24, 2.45) is 0 Å². The molecule has 1 fully saturated rings. The normalized spacial score (nSPS) is 18.4. The molecule has 0 bridgehead atoms. The summed E-state index contributed by atoms with van der Waals surface area (Å²) >= 11 is 0. The van der Waals surface area contributed by atoms with Crippen LogP contribution in [0.5, 0.6) is 5.75 Å². The number of alkyl halides is 3. The van der Waals surface area contributed by atoms with Gasteiger partial charge in [-0.15, -0.1) is 0 Å². The summed E-state index contributed by atoms with van der Waals surface area (Å²) in [6.07, 6.45) is -5.81. The number of methoxy groups -OCH3 is 1. The van der Waals surface area contributed by atoms with Crippen molar-refractivity contribution in [3.05, 3.63) is 47.0 Å². The van der Waals surface area contributed by atoms with E-state index in [9.17, 15) is 22.8 Å². The van der Waals surface area contributed by atoms with Gasteiger partial charge < -0.3 is 14.8 Å². The summed E-state index contributed by atoms with van der Waals surface area (Å²) in [5, 5.41) is 3.04. The molecule has 31 heavy (non-hydrogen) atoms. The second-order valence-electron chi connectivity index (χ2n) is 7.09. The molecule has 1 aromatic carbocycles. The van der Waals surface area contributed by atoms with E-state index in [2.05, 4.69) is 15.0 Å². The van der Waals surface area contributed by atoms with Gasteiger partial charge in [0.15, 0.2) is 6.04 Å². The van der Waals surface area contributed by atoms with Crippen LogP contribution in [0.4, 0.5) is 29.6 Å². The van der Waals surface area contributed by atoms with Crippen LogP contribution >= 0.6 is 0 Å². The maximum Gasteiger partial charge on any atom is 0.416 e. The van der Waals surface area contributed by atoms with Gasteiger partial charge in [-0.1, -0.05) is 6.07 Å². The van der Waals surface area contributed by atoms with Crippen LogP contribution in [-0.2, 0) is 17.8 Å². The molecule has 164 valence electrons. The van der Waals surface area contributed by atoms with Crippen LogP contribution in [0.25, 0.3) is 0 Å². The monoisotopic (exact) mass is 436 g/mol. The zero-order valence-electron chi connectivity index (χ0n) is 16.7. The van der Waals surface area contributed by atoms with Crippen LogP contribution in [0.2, 0.25) is 0 Å². The number of rotatable bonds is 5. The Bertz CT molecular complexity index is 1040. The van der Waals surface area contributed by atoms with E-state index in [1.807, 2.05) is 6.07 Å². The minimum Gasteiger partial charge on any atom is -0.497 e. The standard InChI is InChI=1S/C20H19F3N4O4/c1-24-8-11-6-12(30-2)7-13-14(11)9-26(18(13)28)16-4-3-5-17(25-16)27-15(20(21,22)23)10-31-19(27)29/h3-7,15,24H,8-10H2,1-2H3/t15-/m0/s1. The van der Waals surface area contributed by atoms with Crippen LogP contribution in [0, 0.1) is 0 Å². The van der Waals surface area contributed by atoms with Crippen molar-refractivity contribution in [3.8, 4) is 5.75 Å². The fraction of sp³-hybridized carbons (Fsp3) is 0.350. The highest BCUT2D eigenvalue weighted by Gasteiger charge is 2.52. The summed E-state index contributed by atoms with van der Waals surface area (Å²) in [5.74, 6) is 0.0637. The number of nitrogens with one attached hydrogen (secondary N) is 1. The Balaban J connectivity index is 1.69. The molecule has 8 nitrogen and oxygen atoms in total. The summed E-state index contributed by atoms with van der Waals surface area (Å²) < 4.78 is 49.8. The average molecular weight is 436 g/mol. The van der Waals surface area contributed by atoms with Gasteiger partial charge in [-0.3, -0.25) is 9.69 Å². The third-order valence-corrected chi connectivity index (χ3v) is 5.20. The van der Waals surface area contributed by atoms with Gasteiger partial charge in [0.25, 0.3) is 5.91 Å². The van der Waals surface area contributed by atoms with Gasteiger partial charge in [0.1, 0.15) is 24.0 Å². The summed E-state index contributed by atoms with van der Waals surface area (Å²) in [6, 6.07) is 5.54. The number of benzene rings is 1. The molecule has 1 saturated heterocycles. The highest BCUT2D eigenvalue weighted by atomic mass is 19.4. The summed E-state index contributed by atoms with van der Waals surface area (Å²) in [6.45, 7) is -0.116.